The van der Waals surface area contributed by atoms with Crippen molar-refractivity contribution in [3.63, 3.8) is 0 Å². The van der Waals surface area contributed by atoms with Crippen molar-refractivity contribution in [1.82, 2.24) is 15.5 Å². The summed E-state index contributed by atoms with van der Waals surface area (Å²) in [6.45, 7) is 9.10. The quantitative estimate of drug-likeness (QED) is 0.341. The van der Waals surface area contributed by atoms with E-state index in [0.29, 0.717) is 18.2 Å². The van der Waals surface area contributed by atoms with Crippen LogP contribution < -0.4 is 15.5 Å². The van der Waals surface area contributed by atoms with Gasteiger partial charge in [-0.05, 0) is 24.5 Å². The molecule has 2 fully saturated rings. The van der Waals surface area contributed by atoms with E-state index >= 15 is 0 Å². The van der Waals surface area contributed by atoms with Crippen LogP contribution in [0, 0.1) is 17.6 Å². The molecule has 0 aromatic heterocycles. The van der Waals surface area contributed by atoms with Gasteiger partial charge in [0.25, 0.3) is 0 Å². The predicted molar refractivity (Wildman–Crippen MR) is 123 cm³/mol. The second-order valence-electron chi connectivity index (χ2n) is 7.64. The average molecular weight is 523 g/mol. The Morgan fingerprint density at radius 1 is 1.28 bits per heavy atom. The van der Waals surface area contributed by atoms with E-state index in [0.717, 1.165) is 64.4 Å². The first-order valence-electron chi connectivity index (χ1n) is 10.0. The van der Waals surface area contributed by atoms with Crippen LogP contribution in [-0.2, 0) is 4.74 Å². The van der Waals surface area contributed by atoms with Crippen LogP contribution in [0.25, 0.3) is 0 Å². The zero-order valence-corrected chi connectivity index (χ0v) is 19.5. The summed E-state index contributed by atoms with van der Waals surface area (Å²) >= 11 is 0. The van der Waals surface area contributed by atoms with Crippen LogP contribution in [0.2, 0.25) is 0 Å². The van der Waals surface area contributed by atoms with Crippen LogP contribution in [0.3, 0.4) is 0 Å². The van der Waals surface area contributed by atoms with Gasteiger partial charge in [0, 0.05) is 58.4 Å². The molecule has 0 radical (unpaired) electrons. The van der Waals surface area contributed by atoms with Crippen molar-refractivity contribution >= 4 is 35.6 Å². The van der Waals surface area contributed by atoms with E-state index in [9.17, 15) is 8.78 Å². The normalized spacial score (nSPS) is 21.6. The summed E-state index contributed by atoms with van der Waals surface area (Å²) in [5.74, 6) is 0.191. The van der Waals surface area contributed by atoms with Crippen molar-refractivity contribution in [3.8, 4) is 0 Å². The highest BCUT2D eigenvalue weighted by molar-refractivity contribution is 14.0. The third kappa shape index (κ3) is 7.21. The highest BCUT2D eigenvalue weighted by Gasteiger charge is 2.25. The Labute approximate surface area is 189 Å². The molecule has 2 saturated heterocycles. The number of aliphatic imine (C=N–C) groups is 1. The molecular weight excluding hydrogens is 491 g/mol. The topological polar surface area (TPSA) is 52.1 Å². The predicted octanol–water partition coefficient (Wildman–Crippen LogP) is 2.29. The molecule has 6 nitrogen and oxygen atoms in total. The standard InChI is InChI=1S/C20H31F2N5O.HI/c1-15(13-26-7-9-28-10-8-26)12-24-20(23-2)25-17-5-6-27(14-17)19-4-3-16(21)11-18(19)22;/h3-4,11,15,17H,5-10,12-14H2,1-2H3,(H2,23,24,25);1H. The summed E-state index contributed by atoms with van der Waals surface area (Å²) < 4.78 is 32.5. The maximum Gasteiger partial charge on any atom is 0.191 e. The first-order valence-corrected chi connectivity index (χ1v) is 10.0. The van der Waals surface area contributed by atoms with Gasteiger partial charge in [-0.3, -0.25) is 9.89 Å². The Bertz CT molecular complexity index is 672. The number of rotatable bonds is 6. The lowest BCUT2D eigenvalue weighted by Gasteiger charge is -2.29. The highest BCUT2D eigenvalue weighted by Crippen LogP contribution is 2.24. The van der Waals surface area contributed by atoms with Crippen LogP contribution in [0.15, 0.2) is 23.2 Å². The Morgan fingerprint density at radius 2 is 2.03 bits per heavy atom. The number of hydrogen-bond acceptors (Lipinski definition) is 4. The largest absolute Gasteiger partial charge is 0.379 e. The van der Waals surface area contributed by atoms with Gasteiger partial charge in [0.15, 0.2) is 5.96 Å². The van der Waals surface area contributed by atoms with Crippen molar-refractivity contribution in [3.05, 3.63) is 29.8 Å². The number of anilines is 1. The molecule has 1 aromatic rings. The maximum atomic E-state index is 14.0. The van der Waals surface area contributed by atoms with Gasteiger partial charge in [-0.2, -0.15) is 0 Å². The molecule has 0 spiro atoms. The Balaban J connectivity index is 0.00000300. The third-order valence-corrected chi connectivity index (χ3v) is 5.29. The summed E-state index contributed by atoms with van der Waals surface area (Å²) in [7, 11) is 1.76. The van der Waals surface area contributed by atoms with Gasteiger partial charge in [0.05, 0.1) is 18.9 Å². The number of nitrogens with zero attached hydrogens (tertiary/aromatic N) is 3. The van der Waals surface area contributed by atoms with E-state index < -0.39 is 11.6 Å². The molecule has 0 aliphatic carbocycles. The van der Waals surface area contributed by atoms with Crippen LogP contribution in [0.5, 0.6) is 0 Å². The molecule has 0 saturated carbocycles. The SMILES string of the molecule is CN=C(NCC(C)CN1CCOCC1)NC1CCN(c2ccc(F)cc2F)C1.I. The molecule has 2 aliphatic rings. The first kappa shape index (κ1) is 24.1. The molecule has 1 aromatic carbocycles. The summed E-state index contributed by atoms with van der Waals surface area (Å²) in [6.07, 6.45) is 0.876. The van der Waals surface area contributed by atoms with Gasteiger partial charge in [0.1, 0.15) is 11.6 Å². The molecule has 2 unspecified atom stereocenters. The molecule has 164 valence electrons. The Kier molecular flexibility index (Phi) is 9.84. The minimum absolute atomic E-state index is 0. The summed E-state index contributed by atoms with van der Waals surface area (Å²) in [5.41, 5.74) is 0.452. The average Bonchev–Trinajstić information content (AvgIpc) is 3.14. The Morgan fingerprint density at radius 3 is 2.72 bits per heavy atom. The van der Waals surface area contributed by atoms with E-state index in [1.54, 1.807) is 7.05 Å². The number of nitrogens with one attached hydrogen (secondary N) is 2. The van der Waals surface area contributed by atoms with Gasteiger partial charge < -0.3 is 20.3 Å². The monoisotopic (exact) mass is 523 g/mol. The van der Waals surface area contributed by atoms with Gasteiger partial charge in [-0.1, -0.05) is 6.92 Å². The third-order valence-electron chi connectivity index (χ3n) is 5.29. The lowest BCUT2D eigenvalue weighted by atomic mass is 10.1. The molecule has 0 amide bonds. The lowest BCUT2D eigenvalue weighted by molar-refractivity contribution is 0.0320. The van der Waals surface area contributed by atoms with E-state index in [4.69, 9.17) is 4.74 Å². The fraction of sp³-hybridized carbons (Fsp3) is 0.650. The minimum atomic E-state index is -0.550. The molecule has 2 N–H and O–H groups in total. The number of halogens is 3. The van der Waals surface area contributed by atoms with Gasteiger partial charge in [0.2, 0.25) is 0 Å². The van der Waals surface area contributed by atoms with E-state index in [-0.39, 0.29) is 30.0 Å². The van der Waals surface area contributed by atoms with Crippen LogP contribution in [-0.4, -0.2) is 76.4 Å². The molecule has 2 aliphatic heterocycles. The van der Waals surface area contributed by atoms with Gasteiger partial charge in [-0.25, -0.2) is 8.78 Å². The van der Waals surface area contributed by atoms with Crippen LogP contribution >= 0.6 is 24.0 Å². The van der Waals surface area contributed by atoms with Crippen molar-refractivity contribution in [2.24, 2.45) is 10.9 Å². The minimum Gasteiger partial charge on any atom is -0.379 e. The van der Waals surface area contributed by atoms with E-state index in [1.807, 2.05) is 4.90 Å². The van der Waals surface area contributed by atoms with Gasteiger partial charge >= 0.3 is 0 Å². The molecule has 0 bridgehead atoms. The summed E-state index contributed by atoms with van der Waals surface area (Å²) in [4.78, 5) is 8.69. The zero-order valence-electron chi connectivity index (χ0n) is 17.2. The Hall–Kier alpha value is -1.20. The maximum absolute atomic E-state index is 14.0. The molecule has 9 heteroatoms. The van der Waals surface area contributed by atoms with Crippen LogP contribution in [0.1, 0.15) is 13.3 Å². The number of hydrogen-bond donors (Lipinski definition) is 2. The fourth-order valence-corrected chi connectivity index (χ4v) is 3.78. The number of morpholine rings is 1. The smallest absolute Gasteiger partial charge is 0.191 e. The fourth-order valence-electron chi connectivity index (χ4n) is 3.78. The second kappa shape index (κ2) is 11.8. The summed E-state index contributed by atoms with van der Waals surface area (Å²) in [5, 5.41) is 6.82. The molecular formula is C20H32F2IN5O. The molecule has 3 rings (SSSR count). The highest BCUT2D eigenvalue weighted by atomic mass is 127. The van der Waals surface area contributed by atoms with E-state index in [2.05, 4.69) is 27.4 Å². The van der Waals surface area contributed by atoms with Crippen molar-refractivity contribution in [2.75, 3.05) is 64.4 Å². The summed E-state index contributed by atoms with van der Waals surface area (Å²) in [6, 6.07) is 3.92. The number of ether oxygens (including phenoxy) is 1. The molecule has 2 atom stereocenters. The van der Waals surface area contributed by atoms with Crippen molar-refractivity contribution < 1.29 is 13.5 Å². The van der Waals surface area contributed by atoms with Crippen molar-refractivity contribution in [2.45, 2.75) is 19.4 Å². The lowest BCUT2D eigenvalue weighted by Crippen LogP contribution is -2.47. The zero-order chi connectivity index (χ0) is 19.9. The number of guanidine groups is 1. The first-order chi connectivity index (χ1) is 13.5. The second-order valence-corrected chi connectivity index (χ2v) is 7.64. The van der Waals surface area contributed by atoms with Crippen LogP contribution in [0.4, 0.5) is 14.5 Å². The van der Waals surface area contributed by atoms with E-state index in [1.165, 1.54) is 12.1 Å². The number of benzene rings is 1. The van der Waals surface area contributed by atoms with Crippen molar-refractivity contribution in [1.29, 1.82) is 0 Å². The van der Waals surface area contributed by atoms with Gasteiger partial charge in [-0.15, -0.1) is 24.0 Å². The molecule has 29 heavy (non-hydrogen) atoms. The molecule has 2 heterocycles.